The lowest BCUT2D eigenvalue weighted by atomic mass is 9.93. The molecule has 0 spiro atoms. The topological polar surface area (TPSA) is 63.4 Å². The maximum atomic E-state index is 12.9. The van der Waals surface area contributed by atoms with Crippen LogP contribution in [0.5, 0.6) is 0 Å². The van der Waals surface area contributed by atoms with Crippen LogP contribution in [0.1, 0.15) is 19.8 Å². The molecule has 106 valence electrons. The molecule has 1 aliphatic heterocycles. The second-order valence-corrected chi connectivity index (χ2v) is 6.88. The largest absolute Gasteiger partial charge is 0.329 e. The average Bonchev–Trinajstić information content (AvgIpc) is 2.39. The number of benzene rings is 1. The molecule has 1 heterocycles. The third kappa shape index (κ3) is 2.80. The lowest BCUT2D eigenvalue weighted by molar-refractivity contribution is 0.192. The predicted octanol–water partition coefficient (Wildman–Crippen LogP) is 1.57. The van der Waals surface area contributed by atoms with Crippen molar-refractivity contribution in [2.24, 2.45) is 11.7 Å². The highest BCUT2D eigenvalue weighted by molar-refractivity contribution is 7.89. The molecular formula is C13H19FN2O2S. The van der Waals surface area contributed by atoms with Gasteiger partial charge >= 0.3 is 0 Å². The average molecular weight is 286 g/mol. The number of rotatable bonds is 3. The predicted molar refractivity (Wildman–Crippen MR) is 71.5 cm³/mol. The number of nitrogens with two attached hydrogens (primary N) is 1. The van der Waals surface area contributed by atoms with Crippen LogP contribution in [-0.4, -0.2) is 31.9 Å². The summed E-state index contributed by atoms with van der Waals surface area (Å²) in [5.41, 5.74) is 5.72. The van der Waals surface area contributed by atoms with E-state index in [4.69, 9.17) is 5.73 Å². The van der Waals surface area contributed by atoms with Crippen molar-refractivity contribution < 1.29 is 12.8 Å². The molecule has 19 heavy (non-hydrogen) atoms. The molecule has 2 rings (SSSR count). The van der Waals surface area contributed by atoms with Gasteiger partial charge in [0.1, 0.15) is 5.82 Å². The number of hydrogen-bond acceptors (Lipinski definition) is 3. The molecule has 1 aliphatic rings. The second-order valence-electron chi connectivity index (χ2n) is 4.99. The van der Waals surface area contributed by atoms with Gasteiger partial charge in [0.25, 0.3) is 0 Å². The third-order valence-electron chi connectivity index (χ3n) is 3.73. The highest BCUT2D eigenvalue weighted by Crippen LogP contribution is 2.28. The van der Waals surface area contributed by atoms with Crippen LogP contribution >= 0.6 is 0 Å². The van der Waals surface area contributed by atoms with Crippen molar-refractivity contribution in [3.8, 4) is 0 Å². The van der Waals surface area contributed by atoms with Crippen molar-refractivity contribution >= 4 is 10.0 Å². The van der Waals surface area contributed by atoms with Crippen LogP contribution < -0.4 is 5.73 Å². The summed E-state index contributed by atoms with van der Waals surface area (Å²) in [4.78, 5) is 0.126. The van der Waals surface area contributed by atoms with E-state index in [-0.39, 0.29) is 16.9 Å². The summed E-state index contributed by atoms with van der Waals surface area (Å²) < 4.78 is 39.5. The fraction of sp³-hybridized carbons (Fsp3) is 0.538. The minimum Gasteiger partial charge on any atom is -0.329 e. The molecule has 1 fully saturated rings. The first kappa shape index (κ1) is 14.4. The molecule has 2 atom stereocenters. The van der Waals surface area contributed by atoms with Gasteiger partial charge in [-0.25, -0.2) is 12.8 Å². The summed E-state index contributed by atoms with van der Waals surface area (Å²) in [6.07, 6.45) is 1.81. The molecule has 6 heteroatoms. The molecule has 4 nitrogen and oxygen atoms in total. The number of piperidine rings is 1. The number of hydrogen-bond donors (Lipinski definition) is 1. The van der Waals surface area contributed by atoms with Gasteiger partial charge in [0.2, 0.25) is 10.0 Å². The Morgan fingerprint density at radius 1 is 1.37 bits per heavy atom. The summed E-state index contributed by atoms with van der Waals surface area (Å²) >= 11 is 0. The van der Waals surface area contributed by atoms with Gasteiger partial charge in [0.05, 0.1) is 4.90 Å². The van der Waals surface area contributed by atoms with Gasteiger partial charge in [0.15, 0.2) is 0 Å². The summed E-state index contributed by atoms with van der Waals surface area (Å²) in [5.74, 6) is -0.199. The van der Waals surface area contributed by atoms with E-state index in [1.165, 1.54) is 16.4 Å². The zero-order valence-corrected chi connectivity index (χ0v) is 11.7. The normalized spacial score (nSPS) is 25.4. The third-order valence-corrected chi connectivity index (χ3v) is 5.67. The van der Waals surface area contributed by atoms with Crippen LogP contribution in [0.25, 0.3) is 0 Å². The smallest absolute Gasteiger partial charge is 0.243 e. The Bertz CT molecular complexity index is 530. The van der Waals surface area contributed by atoms with E-state index < -0.39 is 15.8 Å². The van der Waals surface area contributed by atoms with Gasteiger partial charge in [-0.1, -0.05) is 6.92 Å². The van der Waals surface area contributed by atoms with Gasteiger partial charge in [-0.2, -0.15) is 4.31 Å². The highest BCUT2D eigenvalue weighted by Gasteiger charge is 2.36. The van der Waals surface area contributed by atoms with Crippen molar-refractivity contribution in [2.45, 2.75) is 30.7 Å². The lowest BCUT2D eigenvalue weighted by Gasteiger charge is -2.38. The minimum absolute atomic E-state index is 0.126. The van der Waals surface area contributed by atoms with Crippen LogP contribution in [0.15, 0.2) is 29.2 Å². The van der Waals surface area contributed by atoms with E-state index in [0.717, 1.165) is 25.0 Å². The zero-order valence-electron chi connectivity index (χ0n) is 10.9. The van der Waals surface area contributed by atoms with Gasteiger partial charge in [0, 0.05) is 19.1 Å². The SMILES string of the molecule is CC1CCCN(S(=O)(=O)c2ccc(F)cc2)C1CN. The summed E-state index contributed by atoms with van der Waals surface area (Å²) in [5, 5.41) is 0. The van der Waals surface area contributed by atoms with Crippen molar-refractivity contribution in [2.75, 3.05) is 13.1 Å². The van der Waals surface area contributed by atoms with Crippen LogP contribution in [0.4, 0.5) is 4.39 Å². The van der Waals surface area contributed by atoms with Gasteiger partial charge < -0.3 is 5.73 Å². The van der Waals surface area contributed by atoms with Crippen LogP contribution in [-0.2, 0) is 10.0 Å². The summed E-state index contributed by atoms with van der Waals surface area (Å²) in [7, 11) is -3.59. The Morgan fingerprint density at radius 3 is 2.58 bits per heavy atom. The zero-order chi connectivity index (χ0) is 14.0. The Kier molecular flexibility index (Phi) is 4.23. The minimum atomic E-state index is -3.59. The van der Waals surface area contributed by atoms with E-state index in [9.17, 15) is 12.8 Å². The quantitative estimate of drug-likeness (QED) is 0.917. The van der Waals surface area contributed by atoms with Crippen LogP contribution in [0.3, 0.4) is 0 Å². The standard InChI is InChI=1S/C13H19FN2O2S/c1-10-3-2-8-16(13(10)9-15)19(17,18)12-6-4-11(14)5-7-12/h4-7,10,13H,2-3,8-9,15H2,1H3. The van der Waals surface area contributed by atoms with E-state index in [1.807, 2.05) is 6.92 Å². The second kappa shape index (κ2) is 5.56. The maximum Gasteiger partial charge on any atom is 0.243 e. The molecule has 0 radical (unpaired) electrons. The lowest BCUT2D eigenvalue weighted by Crippen LogP contribution is -2.51. The maximum absolute atomic E-state index is 12.9. The molecule has 2 unspecified atom stereocenters. The van der Waals surface area contributed by atoms with E-state index >= 15 is 0 Å². The van der Waals surface area contributed by atoms with Crippen LogP contribution in [0.2, 0.25) is 0 Å². The summed E-state index contributed by atoms with van der Waals surface area (Å²) in [6.45, 7) is 2.80. The summed E-state index contributed by atoms with van der Waals surface area (Å²) in [6, 6.07) is 4.76. The monoisotopic (exact) mass is 286 g/mol. The fourth-order valence-electron chi connectivity index (χ4n) is 2.60. The van der Waals surface area contributed by atoms with E-state index in [2.05, 4.69) is 0 Å². The Balaban J connectivity index is 2.35. The van der Waals surface area contributed by atoms with Gasteiger partial charge in [-0.05, 0) is 43.0 Å². The molecule has 0 aromatic heterocycles. The molecule has 1 saturated heterocycles. The number of sulfonamides is 1. The Labute approximate surface area is 113 Å². The highest BCUT2D eigenvalue weighted by atomic mass is 32.2. The Morgan fingerprint density at radius 2 is 2.00 bits per heavy atom. The molecule has 0 saturated carbocycles. The Hall–Kier alpha value is -0.980. The van der Waals surface area contributed by atoms with Crippen molar-refractivity contribution in [3.63, 3.8) is 0 Å². The fourth-order valence-corrected chi connectivity index (χ4v) is 4.37. The van der Waals surface area contributed by atoms with Gasteiger partial charge in [-0.3, -0.25) is 0 Å². The van der Waals surface area contributed by atoms with Crippen molar-refractivity contribution in [1.82, 2.24) is 4.31 Å². The van der Waals surface area contributed by atoms with Gasteiger partial charge in [-0.15, -0.1) is 0 Å². The molecule has 1 aromatic carbocycles. The van der Waals surface area contributed by atoms with E-state index in [1.54, 1.807) is 0 Å². The molecule has 0 bridgehead atoms. The first-order chi connectivity index (χ1) is 8.96. The van der Waals surface area contributed by atoms with Crippen LogP contribution in [0, 0.1) is 11.7 Å². The first-order valence-electron chi connectivity index (χ1n) is 6.44. The molecule has 0 amide bonds. The molecule has 1 aromatic rings. The van der Waals surface area contributed by atoms with Crippen molar-refractivity contribution in [1.29, 1.82) is 0 Å². The van der Waals surface area contributed by atoms with E-state index in [0.29, 0.717) is 13.1 Å². The molecular weight excluding hydrogens is 267 g/mol. The molecule has 2 N–H and O–H groups in total. The number of halogens is 1. The molecule has 0 aliphatic carbocycles. The first-order valence-corrected chi connectivity index (χ1v) is 7.88. The van der Waals surface area contributed by atoms with Crippen molar-refractivity contribution in [3.05, 3.63) is 30.1 Å². The number of nitrogens with zero attached hydrogens (tertiary/aromatic N) is 1.